The second-order valence-electron chi connectivity index (χ2n) is 7.70. The highest BCUT2D eigenvalue weighted by Gasteiger charge is 2.55. The molecule has 3 saturated carbocycles. The maximum atomic E-state index is 13.5. The van der Waals surface area contributed by atoms with Crippen LogP contribution in [0.2, 0.25) is 5.02 Å². The average molecular weight is 467 g/mol. The molecule has 9 nitrogen and oxygen atoms in total. The lowest BCUT2D eigenvalue weighted by molar-refractivity contribution is -0.145. The van der Waals surface area contributed by atoms with Crippen molar-refractivity contribution in [2.24, 2.45) is 0 Å². The molecule has 1 aromatic rings. The van der Waals surface area contributed by atoms with Crippen LogP contribution < -0.4 is 15.4 Å². The predicted octanol–water partition coefficient (Wildman–Crippen LogP) is 2.10. The van der Waals surface area contributed by atoms with Crippen LogP contribution in [0.25, 0.3) is 0 Å². The number of phosphoric acid groups is 1. The van der Waals surface area contributed by atoms with E-state index in [1.165, 1.54) is 12.1 Å². The number of likely N-dealkylation sites (N-methyl/N-ethyl adjacent to an activating group) is 1. The van der Waals surface area contributed by atoms with Crippen LogP contribution in [-0.4, -0.2) is 53.3 Å². The molecule has 3 aliphatic rings. The largest absolute Gasteiger partial charge is 0.484 e. The molecule has 30 heavy (non-hydrogen) atoms. The first-order valence-corrected chi connectivity index (χ1v) is 11.4. The molecule has 0 spiro atoms. The normalized spacial score (nSPS) is 28.4. The fourth-order valence-electron chi connectivity index (χ4n) is 4.29. The predicted molar refractivity (Wildman–Crippen MR) is 106 cm³/mol. The molecule has 1 amide bonds. The highest BCUT2D eigenvalue weighted by molar-refractivity contribution is 7.46. The lowest BCUT2D eigenvalue weighted by Crippen LogP contribution is -2.69. The Balaban J connectivity index is 1.58. The monoisotopic (exact) mass is 466 g/mol. The summed E-state index contributed by atoms with van der Waals surface area (Å²) in [6.45, 7) is -0.833. The zero-order valence-corrected chi connectivity index (χ0v) is 18.0. The first kappa shape index (κ1) is 23.4. The van der Waals surface area contributed by atoms with E-state index in [1.54, 1.807) is 0 Å². The van der Waals surface area contributed by atoms with Crippen molar-refractivity contribution in [3.8, 4) is 5.75 Å². The smallest absolute Gasteiger partial charge is 0.471 e. The summed E-state index contributed by atoms with van der Waals surface area (Å²) in [5.41, 5.74) is -0.862. The Hall–Kier alpha value is -1.26. The number of benzene rings is 1. The topological polar surface area (TPSA) is 126 Å². The van der Waals surface area contributed by atoms with Gasteiger partial charge in [0.2, 0.25) is 0 Å². The van der Waals surface area contributed by atoms with Crippen LogP contribution in [0.4, 0.5) is 4.39 Å². The molecule has 12 heteroatoms. The quantitative estimate of drug-likeness (QED) is 0.322. The molecular formula is C18H25ClFN2O7P. The number of fused-ring (bicyclic) bond motifs is 3. The maximum absolute atomic E-state index is 13.5. The summed E-state index contributed by atoms with van der Waals surface area (Å²) in [5.74, 6) is -0.787. The van der Waals surface area contributed by atoms with Gasteiger partial charge in [0, 0.05) is 17.1 Å². The van der Waals surface area contributed by atoms with E-state index in [9.17, 15) is 13.8 Å². The van der Waals surface area contributed by atoms with Crippen LogP contribution in [0, 0.1) is 5.82 Å². The molecule has 0 radical (unpaired) electrons. The van der Waals surface area contributed by atoms with Gasteiger partial charge in [-0.05, 0) is 51.3 Å². The number of rotatable bonds is 9. The minimum atomic E-state index is -4.63. The van der Waals surface area contributed by atoms with Gasteiger partial charge in [0.05, 0.1) is 11.1 Å². The van der Waals surface area contributed by atoms with Crippen LogP contribution >= 0.6 is 19.4 Å². The molecule has 3 aliphatic carbocycles. The summed E-state index contributed by atoms with van der Waals surface area (Å²) in [7, 11) is -2.82. The summed E-state index contributed by atoms with van der Waals surface area (Å²) >= 11 is 5.63. The molecule has 1 unspecified atom stereocenters. The first-order chi connectivity index (χ1) is 14.1. The molecule has 1 atom stereocenters. The zero-order chi connectivity index (χ0) is 22.0. The van der Waals surface area contributed by atoms with Gasteiger partial charge in [-0.3, -0.25) is 9.32 Å². The standard InChI is InChI=1S/C18H25ClFN2O7P/c1-21-18-6-4-17(5-7-18,9-15(18)28-11-29-30(24,25)26)22-16(23)10-27-12-2-3-13(19)14(20)8-12/h2-3,8,15,21H,4-7,9-11H2,1H3,(H,22,23)(H2,24,25,26). The van der Waals surface area contributed by atoms with Crippen LogP contribution in [0.1, 0.15) is 32.1 Å². The van der Waals surface area contributed by atoms with Gasteiger partial charge < -0.3 is 29.9 Å². The summed E-state index contributed by atoms with van der Waals surface area (Å²) in [4.78, 5) is 30.2. The number of amides is 1. The Bertz CT molecular complexity index is 829. The summed E-state index contributed by atoms with van der Waals surface area (Å²) in [6, 6.07) is 3.94. The minimum absolute atomic E-state index is 0.0307. The van der Waals surface area contributed by atoms with Crippen molar-refractivity contribution in [3.63, 3.8) is 0 Å². The van der Waals surface area contributed by atoms with Gasteiger partial charge >= 0.3 is 7.82 Å². The number of ether oxygens (including phenoxy) is 2. The highest BCUT2D eigenvalue weighted by Crippen LogP contribution is 2.48. The van der Waals surface area contributed by atoms with Crippen molar-refractivity contribution in [1.82, 2.24) is 10.6 Å². The number of carbonyl (C=O) groups excluding carboxylic acids is 1. The Morgan fingerprint density at radius 3 is 2.63 bits per heavy atom. The van der Waals surface area contributed by atoms with Gasteiger partial charge in [-0.15, -0.1) is 0 Å². The van der Waals surface area contributed by atoms with Gasteiger partial charge in [0.1, 0.15) is 11.6 Å². The van der Waals surface area contributed by atoms with Crippen molar-refractivity contribution in [2.45, 2.75) is 49.3 Å². The number of halogens is 2. The number of hydrogen-bond donors (Lipinski definition) is 4. The highest BCUT2D eigenvalue weighted by atomic mass is 35.5. The third kappa shape index (κ3) is 5.50. The molecule has 0 aliphatic heterocycles. The van der Waals surface area contributed by atoms with Gasteiger partial charge in [0.25, 0.3) is 5.91 Å². The lowest BCUT2D eigenvalue weighted by atomic mass is 9.60. The maximum Gasteiger partial charge on any atom is 0.471 e. The summed E-state index contributed by atoms with van der Waals surface area (Å²) < 4.78 is 39.8. The Morgan fingerprint density at radius 1 is 1.33 bits per heavy atom. The molecule has 2 bridgehead atoms. The van der Waals surface area contributed by atoms with Gasteiger partial charge in [-0.1, -0.05) is 11.6 Å². The number of hydrogen-bond acceptors (Lipinski definition) is 6. The van der Waals surface area contributed by atoms with E-state index in [0.29, 0.717) is 32.1 Å². The van der Waals surface area contributed by atoms with Crippen molar-refractivity contribution >= 4 is 25.3 Å². The SMILES string of the molecule is CNC12CCC(NC(=O)COc3ccc(Cl)c(F)c3)(CC1)CC2OCOP(=O)(O)O. The second-order valence-corrected chi connectivity index (χ2v) is 9.34. The van der Waals surface area contributed by atoms with Crippen LogP contribution in [0.15, 0.2) is 18.2 Å². The van der Waals surface area contributed by atoms with Crippen LogP contribution in [0.3, 0.4) is 0 Å². The molecule has 0 saturated heterocycles. The third-order valence-corrected chi connectivity index (χ3v) is 6.69. The Kier molecular flexibility index (Phi) is 7.08. The fraction of sp³-hybridized carbons (Fsp3) is 0.611. The first-order valence-electron chi connectivity index (χ1n) is 9.46. The number of carbonyl (C=O) groups is 1. The molecule has 168 valence electrons. The molecule has 3 fully saturated rings. The third-order valence-electron chi connectivity index (χ3n) is 5.95. The van der Waals surface area contributed by atoms with Crippen LogP contribution in [-0.2, 0) is 18.6 Å². The van der Waals surface area contributed by atoms with Crippen molar-refractivity contribution in [3.05, 3.63) is 29.0 Å². The van der Waals surface area contributed by atoms with Crippen molar-refractivity contribution < 1.29 is 37.5 Å². The fourth-order valence-corrected chi connectivity index (χ4v) is 4.60. The molecule has 1 aromatic carbocycles. The molecule has 0 heterocycles. The van der Waals surface area contributed by atoms with Gasteiger partial charge in [-0.25, -0.2) is 8.96 Å². The van der Waals surface area contributed by atoms with E-state index in [-0.39, 0.29) is 28.8 Å². The average Bonchev–Trinajstić information content (AvgIpc) is 2.69. The van der Waals surface area contributed by atoms with E-state index in [0.717, 1.165) is 6.07 Å². The van der Waals surface area contributed by atoms with Gasteiger partial charge in [-0.2, -0.15) is 0 Å². The summed E-state index contributed by atoms with van der Waals surface area (Å²) in [6.07, 6.45) is 2.92. The number of phosphoric ester groups is 1. The molecular weight excluding hydrogens is 442 g/mol. The van der Waals surface area contributed by atoms with E-state index in [4.69, 9.17) is 30.9 Å². The molecule has 4 rings (SSSR count). The minimum Gasteiger partial charge on any atom is -0.484 e. The summed E-state index contributed by atoms with van der Waals surface area (Å²) in [5, 5.41) is 6.25. The van der Waals surface area contributed by atoms with Crippen molar-refractivity contribution in [1.29, 1.82) is 0 Å². The molecule has 0 aromatic heterocycles. The lowest BCUT2D eigenvalue weighted by Gasteiger charge is -2.57. The number of nitrogens with one attached hydrogen (secondary N) is 2. The van der Waals surface area contributed by atoms with E-state index in [1.807, 2.05) is 7.05 Å². The van der Waals surface area contributed by atoms with E-state index in [2.05, 4.69) is 15.2 Å². The Labute approximate surface area is 178 Å². The van der Waals surface area contributed by atoms with Gasteiger partial charge in [0.15, 0.2) is 13.4 Å². The Morgan fingerprint density at radius 2 is 2.03 bits per heavy atom. The van der Waals surface area contributed by atoms with Crippen molar-refractivity contribution in [2.75, 3.05) is 20.4 Å². The van der Waals surface area contributed by atoms with Crippen LogP contribution in [0.5, 0.6) is 5.75 Å². The zero-order valence-electron chi connectivity index (χ0n) is 16.4. The van der Waals surface area contributed by atoms with E-state index < -0.39 is 32.1 Å². The molecule has 4 N–H and O–H groups in total. The van der Waals surface area contributed by atoms with E-state index >= 15 is 0 Å². The second kappa shape index (κ2) is 9.08.